The van der Waals surface area contributed by atoms with Crippen LogP contribution in [-0.2, 0) is 0 Å². The molecule has 2 atom stereocenters. The molecule has 0 fully saturated rings. The Kier molecular flexibility index (Phi) is 4.63. The molecule has 0 aliphatic heterocycles. The van der Waals surface area contributed by atoms with Gasteiger partial charge in [0.25, 0.3) is 0 Å². The van der Waals surface area contributed by atoms with Crippen molar-refractivity contribution in [3.63, 3.8) is 0 Å². The van der Waals surface area contributed by atoms with Gasteiger partial charge in [0, 0.05) is 17.8 Å². The smallest absolute Gasteiger partial charge is 0.146 e. The second-order valence-corrected chi connectivity index (χ2v) is 5.74. The van der Waals surface area contributed by atoms with E-state index in [4.69, 9.17) is 0 Å². The summed E-state index contributed by atoms with van der Waals surface area (Å²) in [6, 6.07) is 1.80. The van der Waals surface area contributed by atoms with Crippen molar-refractivity contribution in [1.82, 2.24) is 10.3 Å². The van der Waals surface area contributed by atoms with Gasteiger partial charge in [-0.1, -0.05) is 27.7 Å². The van der Waals surface area contributed by atoms with Crippen LogP contribution in [0.2, 0.25) is 0 Å². The summed E-state index contributed by atoms with van der Waals surface area (Å²) in [6.07, 6.45) is 3.84. The van der Waals surface area contributed by atoms with Gasteiger partial charge < -0.3 is 5.32 Å². The van der Waals surface area contributed by atoms with Gasteiger partial charge in [0.1, 0.15) is 5.82 Å². The Bertz CT molecular complexity index is 357. The highest BCUT2D eigenvalue weighted by atomic mass is 19.1. The average Bonchev–Trinajstić information content (AvgIpc) is 2.25. The van der Waals surface area contributed by atoms with E-state index in [2.05, 4.69) is 38.0 Å². The lowest BCUT2D eigenvalue weighted by Gasteiger charge is -2.31. The highest BCUT2D eigenvalue weighted by molar-refractivity contribution is 5.17. The maximum Gasteiger partial charge on any atom is 0.146 e. The zero-order valence-electron chi connectivity index (χ0n) is 11.4. The summed E-state index contributed by atoms with van der Waals surface area (Å²) >= 11 is 0. The van der Waals surface area contributed by atoms with E-state index < -0.39 is 0 Å². The molecular formula is C14H23FN2. The molecule has 0 amide bonds. The molecule has 0 bridgehead atoms. The monoisotopic (exact) mass is 238 g/mol. The topological polar surface area (TPSA) is 24.9 Å². The second-order valence-electron chi connectivity index (χ2n) is 5.74. The number of halogens is 1. The van der Waals surface area contributed by atoms with Crippen LogP contribution in [0.15, 0.2) is 18.5 Å². The molecule has 2 unspecified atom stereocenters. The summed E-state index contributed by atoms with van der Waals surface area (Å²) in [6.45, 7) is 8.86. The van der Waals surface area contributed by atoms with Crippen molar-refractivity contribution < 1.29 is 4.39 Å². The number of hydrogen-bond donors (Lipinski definition) is 1. The SMILES string of the molecule is CNC(CC(C)C(C)(C)C)c1ccncc1F. The van der Waals surface area contributed by atoms with E-state index >= 15 is 0 Å². The summed E-state index contributed by atoms with van der Waals surface area (Å²) in [7, 11) is 1.87. The summed E-state index contributed by atoms with van der Waals surface area (Å²) in [5, 5.41) is 3.19. The number of pyridine rings is 1. The Morgan fingerprint density at radius 3 is 2.53 bits per heavy atom. The third-order valence-electron chi connectivity index (χ3n) is 3.60. The highest BCUT2D eigenvalue weighted by Crippen LogP contribution is 2.33. The van der Waals surface area contributed by atoms with E-state index in [9.17, 15) is 4.39 Å². The van der Waals surface area contributed by atoms with Gasteiger partial charge in [-0.2, -0.15) is 0 Å². The molecule has 0 saturated heterocycles. The molecule has 17 heavy (non-hydrogen) atoms. The minimum absolute atomic E-state index is 0.0484. The summed E-state index contributed by atoms with van der Waals surface area (Å²) in [5.41, 5.74) is 0.942. The Morgan fingerprint density at radius 1 is 1.41 bits per heavy atom. The van der Waals surface area contributed by atoms with Gasteiger partial charge in [0.15, 0.2) is 0 Å². The number of hydrogen-bond acceptors (Lipinski definition) is 2. The van der Waals surface area contributed by atoms with Gasteiger partial charge in [-0.3, -0.25) is 4.98 Å². The molecule has 96 valence electrons. The van der Waals surface area contributed by atoms with Crippen molar-refractivity contribution in [2.45, 2.75) is 40.2 Å². The Labute approximate surface area is 104 Å². The molecule has 1 N–H and O–H groups in total. The third-order valence-corrected chi connectivity index (χ3v) is 3.60. The predicted molar refractivity (Wildman–Crippen MR) is 69.2 cm³/mol. The first kappa shape index (κ1) is 14.1. The van der Waals surface area contributed by atoms with Crippen LogP contribution in [0, 0.1) is 17.2 Å². The lowest BCUT2D eigenvalue weighted by Crippen LogP contribution is -2.26. The quantitative estimate of drug-likeness (QED) is 0.867. The van der Waals surface area contributed by atoms with Crippen molar-refractivity contribution in [2.75, 3.05) is 7.05 Å². The maximum absolute atomic E-state index is 13.7. The molecule has 1 aromatic heterocycles. The Morgan fingerprint density at radius 2 is 2.06 bits per heavy atom. The Balaban J connectivity index is 2.83. The molecule has 3 heteroatoms. The van der Waals surface area contributed by atoms with Gasteiger partial charge in [-0.25, -0.2) is 4.39 Å². The highest BCUT2D eigenvalue weighted by Gasteiger charge is 2.24. The zero-order valence-corrected chi connectivity index (χ0v) is 11.4. The van der Waals surface area contributed by atoms with Gasteiger partial charge in [0.05, 0.1) is 6.20 Å². The zero-order chi connectivity index (χ0) is 13.1. The van der Waals surface area contributed by atoms with E-state index in [1.807, 2.05) is 7.05 Å². The van der Waals surface area contributed by atoms with Crippen LogP contribution in [0.25, 0.3) is 0 Å². The maximum atomic E-state index is 13.7. The normalized spacial score (nSPS) is 15.6. The molecule has 0 spiro atoms. The summed E-state index contributed by atoms with van der Waals surface area (Å²) in [5.74, 6) is 0.278. The van der Waals surface area contributed by atoms with E-state index in [1.54, 1.807) is 12.3 Å². The van der Waals surface area contributed by atoms with Crippen LogP contribution in [0.4, 0.5) is 4.39 Å². The molecule has 2 nitrogen and oxygen atoms in total. The van der Waals surface area contributed by atoms with E-state index in [0.717, 1.165) is 6.42 Å². The largest absolute Gasteiger partial charge is 0.313 e. The second kappa shape index (κ2) is 5.58. The molecule has 1 aromatic rings. The molecule has 0 radical (unpaired) electrons. The first-order valence-corrected chi connectivity index (χ1v) is 6.13. The van der Waals surface area contributed by atoms with Gasteiger partial charge >= 0.3 is 0 Å². The van der Waals surface area contributed by atoms with Gasteiger partial charge in [-0.15, -0.1) is 0 Å². The van der Waals surface area contributed by atoms with Crippen LogP contribution in [0.3, 0.4) is 0 Å². The van der Waals surface area contributed by atoms with Crippen LogP contribution < -0.4 is 5.32 Å². The van der Waals surface area contributed by atoms with E-state index in [0.29, 0.717) is 11.5 Å². The van der Waals surface area contributed by atoms with Crippen LogP contribution >= 0.6 is 0 Å². The minimum Gasteiger partial charge on any atom is -0.313 e. The van der Waals surface area contributed by atoms with Crippen molar-refractivity contribution in [3.05, 3.63) is 29.8 Å². The van der Waals surface area contributed by atoms with Crippen LogP contribution in [0.5, 0.6) is 0 Å². The fraction of sp³-hybridized carbons (Fsp3) is 0.643. The molecule has 0 aliphatic carbocycles. The molecule has 1 heterocycles. The predicted octanol–water partition coefficient (Wildman–Crippen LogP) is 3.55. The standard InChI is InChI=1S/C14H23FN2/c1-10(14(2,3)4)8-13(16-5)11-6-7-17-9-12(11)15/h6-7,9-10,13,16H,8H2,1-5H3. The van der Waals surface area contributed by atoms with E-state index in [1.165, 1.54) is 6.20 Å². The number of nitrogens with zero attached hydrogens (tertiary/aromatic N) is 1. The number of rotatable bonds is 4. The van der Waals surface area contributed by atoms with Crippen molar-refractivity contribution >= 4 is 0 Å². The average molecular weight is 238 g/mol. The third kappa shape index (κ3) is 3.77. The number of aromatic nitrogens is 1. The fourth-order valence-corrected chi connectivity index (χ4v) is 1.78. The summed E-state index contributed by atoms with van der Waals surface area (Å²) in [4.78, 5) is 3.79. The number of nitrogens with one attached hydrogen (secondary N) is 1. The first-order valence-electron chi connectivity index (χ1n) is 6.13. The fourth-order valence-electron chi connectivity index (χ4n) is 1.78. The lowest BCUT2D eigenvalue weighted by molar-refractivity contribution is 0.224. The van der Waals surface area contributed by atoms with Gasteiger partial charge in [-0.05, 0) is 30.9 Å². The van der Waals surface area contributed by atoms with Crippen LogP contribution in [-0.4, -0.2) is 12.0 Å². The first-order chi connectivity index (χ1) is 7.86. The van der Waals surface area contributed by atoms with Crippen LogP contribution in [0.1, 0.15) is 45.7 Å². The molecule has 0 aliphatic rings. The van der Waals surface area contributed by atoms with E-state index in [-0.39, 0.29) is 17.3 Å². The van der Waals surface area contributed by atoms with Crippen molar-refractivity contribution in [3.8, 4) is 0 Å². The van der Waals surface area contributed by atoms with Gasteiger partial charge in [0.2, 0.25) is 0 Å². The summed E-state index contributed by atoms with van der Waals surface area (Å²) < 4.78 is 13.7. The Hall–Kier alpha value is -0.960. The molecular weight excluding hydrogens is 215 g/mol. The van der Waals surface area contributed by atoms with Crippen molar-refractivity contribution in [2.24, 2.45) is 11.3 Å². The molecule has 0 saturated carbocycles. The lowest BCUT2D eigenvalue weighted by atomic mass is 9.77. The molecule has 1 rings (SSSR count). The minimum atomic E-state index is -0.229. The molecule has 0 aromatic carbocycles. The van der Waals surface area contributed by atoms with Crippen molar-refractivity contribution in [1.29, 1.82) is 0 Å².